The summed E-state index contributed by atoms with van der Waals surface area (Å²) in [5.74, 6) is -3.74. The summed E-state index contributed by atoms with van der Waals surface area (Å²) in [6.07, 6.45) is 6.82. The van der Waals surface area contributed by atoms with E-state index in [0.717, 1.165) is 25.3 Å². The van der Waals surface area contributed by atoms with Gasteiger partial charge in [-0.15, -0.1) is 0 Å². The summed E-state index contributed by atoms with van der Waals surface area (Å²) in [5.41, 5.74) is 0.00968. The van der Waals surface area contributed by atoms with Crippen LogP contribution in [0.2, 0.25) is 0 Å². The summed E-state index contributed by atoms with van der Waals surface area (Å²) in [6.45, 7) is 0. The Kier molecular flexibility index (Phi) is 3.17. The molecule has 0 bridgehead atoms. The van der Waals surface area contributed by atoms with Gasteiger partial charge in [-0.25, -0.2) is 13.2 Å². The van der Waals surface area contributed by atoms with Crippen LogP contribution in [0.4, 0.5) is 18.9 Å². The molecule has 1 aromatic rings. The van der Waals surface area contributed by atoms with E-state index < -0.39 is 17.5 Å². The first-order valence-corrected chi connectivity index (χ1v) is 5.25. The highest BCUT2D eigenvalue weighted by Gasteiger charge is 2.16. The zero-order chi connectivity index (χ0) is 11.5. The van der Waals surface area contributed by atoms with Gasteiger partial charge in [0.2, 0.25) is 0 Å². The molecule has 16 heavy (non-hydrogen) atoms. The van der Waals surface area contributed by atoms with Crippen molar-refractivity contribution in [2.24, 2.45) is 0 Å². The van der Waals surface area contributed by atoms with Gasteiger partial charge >= 0.3 is 0 Å². The fourth-order valence-electron chi connectivity index (χ4n) is 1.77. The van der Waals surface area contributed by atoms with Gasteiger partial charge in [0, 0.05) is 6.04 Å². The molecule has 1 aliphatic rings. The minimum atomic E-state index is -1.43. The SMILES string of the molecule is Fc1ccc(NC2C=CCCC2)c(F)c1F. The summed E-state index contributed by atoms with van der Waals surface area (Å²) in [6, 6.07) is 2.14. The molecule has 1 unspecified atom stereocenters. The molecule has 2 rings (SSSR count). The van der Waals surface area contributed by atoms with Crippen LogP contribution in [0.5, 0.6) is 0 Å². The first kappa shape index (κ1) is 11.0. The van der Waals surface area contributed by atoms with Gasteiger partial charge in [0.25, 0.3) is 0 Å². The average Bonchev–Trinajstić information content (AvgIpc) is 2.31. The Hall–Kier alpha value is -1.45. The Morgan fingerprint density at radius 3 is 2.62 bits per heavy atom. The molecule has 0 spiro atoms. The molecule has 4 heteroatoms. The van der Waals surface area contributed by atoms with Crippen molar-refractivity contribution in [3.63, 3.8) is 0 Å². The molecule has 1 atom stereocenters. The summed E-state index contributed by atoms with van der Waals surface area (Å²) in [7, 11) is 0. The molecule has 0 saturated carbocycles. The molecule has 0 fully saturated rings. The predicted molar refractivity (Wildman–Crippen MR) is 56.7 cm³/mol. The zero-order valence-electron chi connectivity index (χ0n) is 8.64. The highest BCUT2D eigenvalue weighted by molar-refractivity contribution is 5.47. The van der Waals surface area contributed by atoms with Crippen LogP contribution in [0.3, 0.4) is 0 Å². The first-order valence-electron chi connectivity index (χ1n) is 5.25. The van der Waals surface area contributed by atoms with Gasteiger partial charge in [0.15, 0.2) is 17.5 Å². The second-order valence-electron chi connectivity index (χ2n) is 3.83. The van der Waals surface area contributed by atoms with Crippen molar-refractivity contribution in [1.82, 2.24) is 0 Å². The van der Waals surface area contributed by atoms with Crippen molar-refractivity contribution in [1.29, 1.82) is 0 Å². The lowest BCUT2D eigenvalue weighted by atomic mass is 10.0. The summed E-state index contributed by atoms with van der Waals surface area (Å²) >= 11 is 0. The minimum absolute atomic E-state index is 0.00638. The number of nitrogens with one attached hydrogen (secondary N) is 1. The second kappa shape index (κ2) is 4.60. The maximum atomic E-state index is 13.3. The topological polar surface area (TPSA) is 12.0 Å². The molecular formula is C12H12F3N. The number of rotatable bonds is 2. The fourth-order valence-corrected chi connectivity index (χ4v) is 1.77. The molecule has 1 aromatic carbocycles. The number of allylic oxidation sites excluding steroid dienone is 1. The lowest BCUT2D eigenvalue weighted by Gasteiger charge is -2.19. The molecule has 0 aromatic heterocycles. The number of hydrogen-bond donors (Lipinski definition) is 1. The summed E-state index contributed by atoms with van der Waals surface area (Å²) < 4.78 is 38.9. The van der Waals surface area contributed by atoms with E-state index in [4.69, 9.17) is 0 Å². The van der Waals surface area contributed by atoms with E-state index in [2.05, 4.69) is 5.32 Å². The Balaban J connectivity index is 2.18. The molecular weight excluding hydrogens is 215 g/mol. The van der Waals surface area contributed by atoms with E-state index in [9.17, 15) is 13.2 Å². The van der Waals surface area contributed by atoms with Gasteiger partial charge < -0.3 is 5.32 Å². The van der Waals surface area contributed by atoms with Gasteiger partial charge in [-0.1, -0.05) is 12.2 Å². The van der Waals surface area contributed by atoms with E-state index in [1.807, 2.05) is 12.2 Å². The largest absolute Gasteiger partial charge is 0.376 e. The minimum Gasteiger partial charge on any atom is -0.376 e. The molecule has 1 aliphatic carbocycles. The van der Waals surface area contributed by atoms with Crippen LogP contribution in [0, 0.1) is 17.5 Å². The van der Waals surface area contributed by atoms with Crippen molar-refractivity contribution in [3.05, 3.63) is 41.7 Å². The van der Waals surface area contributed by atoms with Crippen molar-refractivity contribution in [3.8, 4) is 0 Å². The number of hydrogen-bond acceptors (Lipinski definition) is 1. The number of anilines is 1. The lowest BCUT2D eigenvalue weighted by molar-refractivity contribution is 0.448. The smallest absolute Gasteiger partial charge is 0.196 e. The second-order valence-corrected chi connectivity index (χ2v) is 3.83. The predicted octanol–water partition coefficient (Wildman–Crippen LogP) is 3.62. The van der Waals surface area contributed by atoms with Crippen LogP contribution in [0.15, 0.2) is 24.3 Å². The highest BCUT2D eigenvalue weighted by atomic mass is 19.2. The van der Waals surface area contributed by atoms with Gasteiger partial charge in [0.05, 0.1) is 5.69 Å². The van der Waals surface area contributed by atoms with Crippen LogP contribution in [-0.2, 0) is 0 Å². The maximum Gasteiger partial charge on any atom is 0.196 e. The standard InChI is InChI=1S/C12H12F3N/c13-9-6-7-10(12(15)11(9)14)16-8-4-2-1-3-5-8/h2,4,6-8,16H,1,3,5H2. The molecule has 0 aliphatic heterocycles. The van der Waals surface area contributed by atoms with E-state index in [1.54, 1.807) is 0 Å². The quantitative estimate of drug-likeness (QED) is 0.601. The van der Waals surface area contributed by atoms with Crippen molar-refractivity contribution in [2.45, 2.75) is 25.3 Å². The summed E-state index contributed by atoms with van der Waals surface area (Å²) in [5, 5.41) is 2.85. The van der Waals surface area contributed by atoms with Crippen LogP contribution in [-0.4, -0.2) is 6.04 Å². The van der Waals surface area contributed by atoms with Crippen molar-refractivity contribution < 1.29 is 13.2 Å². The van der Waals surface area contributed by atoms with Gasteiger partial charge in [-0.05, 0) is 31.4 Å². The molecule has 0 radical (unpaired) electrons. The van der Waals surface area contributed by atoms with Gasteiger partial charge in [-0.2, -0.15) is 0 Å². The zero-order valence-corrected chi connectivity index (χ0v) is 8.64. The van der Waals surface area contributed by atoms with E-state index in [-0.39, 0.29) is 11.7 Å². The van der Waals surface area contributed by atoms with Crippen LogP contribution >= 0.6 is 0 Å². The Labute approximate surface area is 92.0 Å². The molecule has 1 N–H and O–H groups in total. The molecule has 0 amide bonds. The van der Waals surface area contributed by atoms with E-state index >= 15 is 0 Å². The molecule has 0 heterocycles. The van der Waals surface area contributed by atoms with Crippen LogP contribution < -0.4 is 5.32 Å². The monoisotopic (exact) mass is 227 g/mol. The van der Waals surface area contributed by atoms with Crippen molar-refractivity contribution in [2.75, 3.05) is 5.32 Å². The van der Waals surface area contributed by atoms with E-state index in [0.29, 0.717) is 0 Å². The number of benzene rings is 1. The Bertz CT molecular complexity index is 415. The molecule has 86 valence electrons. The third-order valence-electron chi connectivity index (χ3n) is 2.63. The third kappa shape index (κ3) is 2.21. The normalized spacial score (nSPS) is 19.8. The molecule has 0 saturated heterocycles. The van der Waals surface area contributed by atoms with Crippen LogP contribution in [0.1, 0.15) is 19.3 Å². The number of halogens is 3. The summed E-state index contributed by atoms with van der Waals surface area (Å²) in [4.78, 5) is 0. The maximum absolute atomic E-state index is 13.3. The Morgan fingerprint density at radius 2 is 1.94 bits per heavy atom. The average molecular weight is 227 g/mol. The van der Waals surface area contributed by atoms with Crippen molar-refractivity contribution >= 4 is 5.69 Å². The lowest BCUT2D eigenvalue weighted by Crippen LogP contribution is -2.19. The van der Waals surface area contributed by atoms with Gasteiger partial charge in [-0.3, -0.25) is 0 Å². The Morgan fingerprint density at radius 1 is 1.12 bits per heavy atom. The van der Waals surface area contributed by atoms with Gasteiger partial charge in [0.1, 0.15) is 0 Å². The van der Waals surface area contributed by atoms with Crippen LogP contribution in [0.25, 0.3) is 0 Å². The highest BCUT2D eigenvalue weighted by Crippen LogP contribution is 2.22. The first-order chi connectivity index (χ1) is 7.68. The molecule has 1 nitrogen and oxygen atoms in total. The third-order valence-corrected chi connectivity index (χ3v) is 2.63. The van der Waals surface area contributed by atoms with E-state index in [1.165, 1.54) is 6.07 Å². The fraction of sp³-hybridized carbons (Fsp3) is 0.333.